The van der Waals surface area contributed by atoms with Crippen molar-refractivity contribution in [2.75, 3.05) is 31.7 Å². The van der Waals surface area contributed by atoms with Crippen molar-refractivity contribution in [1.29, 1.82) is 0 Å². The van der Waals surface area contributed by atoms with E-state index in [0.717, 1.165) is 44.3 Å². The van der Waals surface area contributed by atoms with Crippen LogP contribution in [0.4, 0.5) is 0 Å². The fourth-order valence-corrected chi connectivity index (χ4v) is 3.54. The summed E-state index contributed by atoms with van der Waals surface area (Å²) in [6.07, 6.45) is 32.8. The van der Waals surface area contributed by atoms with Crippen LogP contribution in [-0.4, -0.2) is 60.7 Å². The number of thioether (sulfide) groups is 1. The summed E-state index contributed by atoms with van der Waals surface area (Å²) < 4.78 is 5.27. The van der Waals surface area contributed by atoms with E-state index >= 15 is 0 Å². The Kier molecular flexibility index (Phi) is 45.7. The number of hydrogen-bond donors (Lipinski definition) is 3. The molecule has 2 amide bonds. The minimum Gasteiger partial charge on any atom is -0.465 e. The number of allylic oxidation sites excluding steroid dienone is 11. The van der Waals surface area contributed by atoms with Gasteiger partial charge >= 0.3 is 5.97 Å². The summed E-state index contributed by atoms with van der Waals surface area (Å²) in [5, 5.41) is 15.7. The molecule has 0 unspecified atom stereocenters. The van der Waals surface area contributed by atoms with Gasteiger partial charge in [0.1, 0.15) is 6.10 Å². The second kappa shape index (κ2) is 42.2. The number of aliphatic hydroxyl groups is 1. The summed E-state index contributed by atoms with van der Waals surface area (Å²) >= 11 is 1.63. The Bertz CT molecular complexity index is 921. The molecule has 48 heavy (non-hydrogen) atoms. The van der Waals surface area contributed by atoms with Gasteiger partial charge in [-0.25, -0.2) is 0 Å². The summed E-state index contributed by atoms with van der Waals surface area (Å²) in [4.78, 5) is 36.0. The molecule has 8 heteroatoms. The first-order valence-corrected chi connectivity index (χ1v) is 19.3. The molecule has 1 atom stereocenters. The van der Waals surface area contributed by atoms with Crippen LogP contribution in [-0.2, 0) is 19.1 Å². The summed E-state index contributed by atoms with van der Waals surface area (Å²) in [7, 11) is 0. The van der Waals surface area contributed by atoms with Crippen molar-refractivity contribution in [3.8, 4) is 0 Å². The largest absolute Gasteiger partial charge is 0.465 e. The molecule has 0 radical (unpaired) electrons. The zero-order chi connectivity index (χ0) is 37.3. The number of rotatable bonds is 23. The average Bonchev–Trinajstić information content (AvgIpc) is 3.08. The fraction of sp³-hybridized carbons (Fsp3) is 0.625. The van der Waals surface area contributed by atoms with Gasteiger partial charge in [-0.05, 0) is 44.8 Å². The van der Waals surface area contributed by atoms with Crippen molar-refractivity contribution in [3.63, 3.8) is 0 Å². The maximum Gasteiger partial charge on any atom is 0.309 e. The highest BCUT2D eigenvalue weighted by atomic mass is 32.2. The molecule has 0 aromatic heterocycles. The van der Waals surface area contributed by atoms with Crippen LogP contribution in [0, 0.1) is 5.41 Å². The lowest BCUT2D eigenvalue weighted by Gasteiger charge is -2.28. The molecule has 0 saturated carbocycles. The molecule has 0 bridgehead atoms. The number of carbonyl (C=O) groups excluding carboxylic acids is 3. The highest BCUT2D eigenvalue weighted by Crippen LogP contribution is 2.21. The van der Waals surface area contributed by atoms with Gasteiger partial charge in [0.2, 0.25) is 11.8 Å². The van der Waals surface area contributed by atoms with Gasteiger partial charge < -0.3 is 20.5 Å². The highest BCUT2D eigenvalue weighted by Gasteiger charge is 2.34. The minimum atomic E-state index is -1.37. The summed E-state index contributed by atoms with van der Waals surface area (Å²) in [6, 6.07) is 0. The van der Waals surface area contributed by atoms with Gasteiger partial charge in [0, 0.05) is 30.7 Å². The van der Waals surface area contributed by atoms with Crippen molar-refractivity contribution >= 4 is 29.5 Å². The maximum absolute atomic E-state index is 12.3. The van der Waals surface area contributed by atoms with E-state index in [4.69, 9.17) is 4.74 Å². The number of amides is 2. The summed E-state index contributed by atoms with van der Waals surface area (Å²) in [5.74, 6) is -0.354. The molecule has 0 aliphatic rings. The molecule has 0 heterocycles. The van der Waals surface area contributed by atoms with Crippen LogP contribution in [0.1, 0.15) is 120 Å². The minimum absolute atomic E-state index is 0.0990. The van der Waals surface area contributed by atoms with Gasteiger partial charge in [-0.2, -0.15) is 11.8 Å². The van der Waals surface area contributed by atoms with E-state index in [-0.39, 0.29) is 31.9 Å². The van der Waals surface area contributed by atoms with Gasteiger partial charge in [-0.1, -0.05) is 142 Å². The lowest BCUT2D eigenvalue weighted by molar-refractivity contribution is -0.152. The number of nitrogens with one attached hydrogen (secondary N) is 2. The number of ether oxygens (including phenoxy) is 1. The Morgan fingerprint density at radius 2 is 1.12 bits per heavy atom. The maximum atomic E-state index is 12.3. The Hall–Kier alpha value is -2.84. The molecule has 7 nitrogen and oxygen atoms in total. The van der Waals surface area contributed by atoms with Crippen LogP contribution in [0.25, 0.3) is 0 Å². The Morgan fingerprint density at radius 1 is 0.708 bits per heavy atom. The molecule has 0 aliphatic carbocycles. The standard InChI is InChI=1S/C33H52N2O5S.C3H8.2C2H6/c1-5-6-7-8-9-10-11-12-13-14-15-16-17-18-19-20-21-22-23-30(37)40-28-33(2,3)31(38)32(39)35-25-24-29(36)34-26-27-41-4;1-3-2;2*1-2/h6-7,9-10,12-13,15-16,18-19,21-22,31,38H,5,8,11,14,17,20,23-28H2,1-4H3,(H,34,36)(H,35,39);3H2,1-2H3;2*1-2H3/b7-6-,10-9-,13-12-,16-15-,19-18-,22-21-;;;/t31-;;;/m0.../s1. The van der Waals surface area contributed by atoms with Crippen molar-refractivity contribution in [1.82, 2.24) is 10.6 Å². The molecule has 278 valence electrons. The smallest absolute Gasteiger partial charge is 0.309 e. The van der Waals surface area contributed by atoms with Crippen LogP contribution in [0.3, 0.4) is 0 Å². The van der Waals surface area contributed by atoms with Gasteiger partial charge in [0.15, 0.2) is 0 Å². The van der Waals surface area contributed by atoms with Crippen molar-refractivity contribution in [3.05, 3.63) is 72.9 Å². The van der Waals surface area contributed by atoms with Gasteiger partial charge in [0.05, 0.1) is 13.0 Å². The molecule has 0 aliphatic heterocycles. The third kappa shape index (κ3) is 39.3. The third-order valence-corrected chi connectivity index (χ3v) is 6.37. The third-order valence-electron chi connectivity index (χ3n) is 5.75. The molecule has 0 fully saturated rings. The van der Waals surface area contributed by atoms with E-state index in [2.05, 4.69) is 86.1 Å². The fourth-order valence-electron chi connectivity index (χ4n) is 3.24. The predicted octanol–water partition coefficient (Wildman–Crippen LogP) is 9.46. The lowest BCUT2D eigenvalue weighted by atomic mass is 9.87. The van der Waals surface area contributed by atoms with Crippen molar-refractivity contribution in [2.24, 2.45) is 5.41 Å². The van der Waals surface area contributed by atoms with E-state index in [1.165, 1.54) is 6.42 Å². The lowest BCUT2D eigenvalue weighted by Crippen LogP contribution is -2.47. The Balaban J connectivity index is -0.00000128. The van der Waals surface area contributed by atoms with Gasteiger partial charge in [-0.15, -0.1) is 0 Å². The van der Waals surface area contributed by atoms with Crippen molar-refractivity contribution < 1.29 is 24.2 Å². The Morgan fingerprint density at radius 3 is 1.54 bits per heavy atom. The number of carbonyl (C=O) groups is 3. The van der Waals surface area contributed by atoms with E-state index in [1.807, 2.05) is 46.1 Å². The molecule has 0 saturated heterocycles. The molecule has 3 N–H and O–H groups in total. The number of hydrogen-bond acceptors (Lipinski definition) is 6. The van der Waals surface area contributed by atoms with Crippen LogP contribution in [0.2, 0.25) is 0 Å². The van der Waals surface area contributed by atoms with E-state index < -0.39 is 23.4 Å². The second-order valence-corrected chi connectivity index (χ2v) is 11.7. The number of aliphatic hydroxyl groups excluding tert-OH is 1. The SMILES string of the molecule is CC.CC.CC/C=C\C/C=C\C/C=C\C/C=C\C/C=C\C/C=C\CC(=O)OCC(C)(C)[C@@H](O)C(=O)NCCC(=O)NCCSC.CCC. The first kappa shape index (κ1) is 52.0. The molecule has 0 aromatic carbocycles. The van der Waals surface area contributed by atoms with Crippen LogP contribution >= 0.6 is 11.8 Å². The molecule has 0 rings (SSSR count). The highest BCUT2D eigenvalue weighted by molar-refractivity contribution is 7.98. The molecular weight excluding hydrogens is 621 g/mol. The van der Waals surface area contributed by atoms with E-state index in [1.54, 1.807) is 31.7 Å². The van der Waals surface area contributed by atoms with Crippen molar-refractivity contribution in [2.45, 2.75) is 126 Å². The molecule has 0 spiro atoms. The zero-order valence-corrected chi connectivity index (χ0v) is 33.0. The molecule has 0 aromatic rings. The Labute approximate surface area is 299 Å². The average molecular weight is 693 g/mol. The van der Waals surface area contributed by atoms with Crippen LogP contribution in [0.5, 0.6) is 0 Å². The zero-order valence-electron chi connectivity index (χ0n) is 32.2. The predicted molar refractivity (Wildman–Crippen MR) is 211 cm³/mol. The van der Waals surface area contributed by atoms with Crippen LogP contribution < -0.4 is 10.6 Å². The summed E-state index contributed by atoms with van der Waals surface area (Å²) in [5.41, 5.74) is -0.973. The first-order chi connectivity index (χ1) is 23.2. The summed E-state index contributed by atoms with van der Waals surface area (Å²) in [6.45, 7) is 18.3. The van der Waals surface area contributed by atoms with Gasteiger partial charge in [-0.3, -0.25) is 14.4 Å². The molecular formula is C40H72N2O5S. The normalized spacial score (nSPS) is 12.1. The number of esters is 1. The van der Waals surface area contributed by atoms with E-state index in [0.29, 0.717) is 6.54 Å². The quantitative estimate of drug-likeness (QED) is 0.0560. The van der Waals surface area contributed by atoms with Crippen LogP contribution in [0.15, 0.2) is 72.9 Å². The second-order valence-electron chi connectivity index (χ2n) is 10.8. The van der Waals surface area contributed by atoms with Gasteiger partial charge in [0.25, 0.3) is 0 Å². The topological polar surface area (TPSA) is 105 Å². The first-order valence-electron chi connectivity index (χ1n) is 17.9. The monoisotopic (exact) mass is 693 g/mol. The van der Waals surface area contributed by atoms with E-state index in [9.17, 15) is 19.5 Å².